The fourth-order valence-corrected chi connectivity index (χ4v) is 1.63. The first-order valence-corrected chi connectivity index (χ1v) is 5.34. The highest BCUT2D eigenvalue weighted by Crippen LogP contribution is 2.17. The number of carboxylic acids is 1. The molecule has 0 aromatic carbocycles. The van der Waals surface area contributed by atoms with E-state index in [4.69, 9.17) is 5.11 Å². The lowest BCUT2D eigenvalue weighted by molar-refractivity contribution is -0.137. The quantitative estimate of drug-likeness (QED) is 0.532. The molecule has 4 nitrogen and oxygen atoms in total. The number of hydrogen-bond donors (Lipinski definition) is 2. The Balaban J connectivity index is 2.12. The van der Waals surface area contributed by atoms with E-state index >= 15 is 0 Å². The van der Waals surface area contributed by atoms with Crippen molar-refractivity contribution in [1.82, 2.24) is 5.32 Å². The zero-order chi connectivity index (χ0) is 11.1. The maximum atomic E-state index is 11.6. The number of aliphatic carboxylic acids is 1. The van der Waals surface area contributed by atoms with E-state index in [-0.39, 0.29) is 18.2 Å². The van der Waals surface area contributed by atoms with Gasteiger partial charge in [-0.2, -0.15) is 0 Å². The van der Waals surface area contributed by atoms with Crippen LogP contribution in [-0.2, 0) is 9.59 Å². The van der Waals surface area contributed by atoms with E-state index in [9.17, 15) is 9.59 Å². The van der Waals surface area contributed by atoms with Gasteiger partial charge in [0.1, 0.15) is 0 Å². The van der Waals surface area contributed by atoms with Gasteiger partial charge in [0.25, 0.3) is 0 Å². The standard InChI is InChI=1S/C11H17NO3/c13-10(14)7-4-8-12-11(15)9-5-2-1-3-6-9/h1-2,9H,3-8H2,(H,12,15)(H,13,14). The van der Waals surface area contributed by atoms with Crippen LogP contribution in [0.25, 0.3) is 0 Å². The van der Waals surface area contributed by atoms with Crippen LogP contribution in [0.2, 0.25) is 0 Å². The van der Waals surface area contributed by atoms with Gasteiger partial charge in [-0.1, -0.05) is 12.2 Å². The second kappa shape index (κ2) is 6.22. The second-order valence-electron chi connectivity index (χ2n) is 3.77. The number of allylic oxidation sites excluding steroid dienone is 2. The number of carbonyl (C=O) groups is 2. The molecule has 1 aliphatic rings. The first kappa shape index (κ1) is 11.8. The Kier molecular flexibility index (Phi) is 4.87. The van der Waals surface area contributed by atoms with Crippen LogP contribution in [0.4, 0.5) is 0 Å². The van der Waals surface area contributed by atoms with E-state index in [0.29, 0.717) is 13.0 Å². The van der Waals surface area contributed by atoms with Crippen LogP contribution in [0, 0.1) is 5.92 Å². The van der Waals surface area contributed by atoms with Crippen LogP contribution in [0.15, 0.2) is 12.2 Å². The fourth-order valence-electron chi connectivity index (χ4n) is 1.63. The third-order valence-electron chi connectivity index (χ3n) is 2.51. The average Bonchev–Trinajstić information content (AvgIpc) is 2.25. The van der Waals surface area contributed by atoms with Gasteiger partial charge in [-0.3, -0.25) is 9.59 Å². The van der Waals surface area contributed by atoms with Crippen molar-refractivity contribution < 1.29 is 14.7 Å². The lowest BCUT2D eigenvalue weighted by atomic mass is 9.94. The smallest absolute Gasteiger partial charge is 0.303 e. The van der Waals surface area contributed by atoms with Gasteiger partial charge in [0.05, 0.1) is 0 Å². The van der Waals surface area contributed by atoms with Crippen LogP contribution in [0.1, 0.15) is 32.1 Å². The molecule has 0 aromatic heterocycles. The summed E-state index contributed by atoms with van der Waals surface area (Å²) in [4.78, 5) is 21.8. The van der Waals surface area contributed by atoms with Gasteiger partial charge in [0.2, 0.25) is 5.91 Å². The highest BCUT2D eigenvalue weighted by molar-refractivity contribution is 5.79. The van der Waals surface area contributed by atoms with Crippen molar-refractivity contribution in [1.29, 1.82) is 0 Å². The van der Waals surface area contributed by atoms with Crippen molar-refractivity contribution in [3.05, 3.63) is 12.2 Å². The van der Waals surface area contributed by atoms with Crippen molar-refractivity contribution in [3.63, 3.8) is 0 Å². The molecule has 4 heteroatoms. The number of nitrogens with one attached hydrogen (secondary N) is 1. The maximum Gasteiger partial charge on any atom is 0.303 e. The van der Waals surface area contributed by atoms with Gasteiger partial charge in [-0.05, 0) is 25.7 Å². The normalized spacial score (nSPS) is 19.9. The maximum absolute atomic E-state index is 11.6. The number of rotatable bonds is 5. The van der Waals surface area contributed by atoms with E-state index in [2.05, 4.69) is 11.4 Å². The van der Waals surface area contributed by atoms with E-state index in [0.717, 1.165) is 19.3 Å². The zero-order valence-corrected chi connectivity index (χ0v) is 8.74. The minimum absolute atomic E-state index is 0.0599. The summed E-state index contributed by atoms with van der Waals surface area (Å²) in [7, 11) is 0. The third-order valence-corrected chi connectivity index (χ3v) is 2.51. The molecule has 0 spiro atoms. The molecule has 1 atom stereocenters. The molecule has 0 heterocycles. The largest absolute Gasteiger partial charge is 0.481 e. The molecule has 0 radical (unpaired) electrons. The van der Waals surface area contributed by atoms with E-state index in [1.165, 1.54) is 0 Å². The molecule has 1 rings (SSSR count). The molecule has 0 saturated carbocycles. The summed E-state index contributed by atoms with van der Waals surface area (Å²) in [6.07, 6.45) is 7.42. The monoisotopic (exact) mass is 211 g/mol. The lowest BCUT2D eigenvalue weighted by Crippen LogP contribution is -2.32. The van der Waals surface area contributed by atoms with Crippen LogP contribution in [0.3, 0.4) is 0 Å². The van der Waals surface area contributed by atoms with Crippen molar-refractivity contribution in [2.75, 3.05) is 6.54 Å². The molecule has 0 aromatic rings. The number of carboxylic acid groups (broad SMARTS) is 1. The molecular weight excluding hydrogens is 194 g/mol. The number of carbonyl (C=O) groups excluding carboxylic acids is 1. The predicted octanol–water partition coefficient (Wildman–Crippen LogP) is 1.32. The van der Waals surface area contributed by atoms with Crippen LogP contribution in [0.5, 0.6) is 0 Å². The Bertz CT molecular complexity index is 261. The van der Waals surface area contributed by atoms with Gasteiger partial charge < -0.3 is 10.4 Å². The fraction of sp³-hybridized carbons (Fsp3) is 0.636. The molecule has 1 amide bonds. The SMILES string of the molecule is O=C(O)CCCNC(=O)C1CC=CCC1. The molecule has 0 fully saturated rings. The van der Waals surface area contributed by atoms with Crippen molar-refractivity contribution >= 4 is 11.9 Å². The summed E-state index contributed by atoms with van der Waals surface area (Å²) in [5, 5.41) is 11.2. The van der Waals surface area contributed by atoms with Gasteiger partial charge in [-0.15, -0.1) is 0 Å². The Morgan fingerprint density at radius 3 is 2.80 bits per heavy atom. The Morgan fingerprint density at radius 1 is 1.40 bits per heavy atom. The Morgan fingerprint density at radius 2 is 2.20 bits per heavy atom. The molecule has 0 saturated heterocycles. The summed E-state index contributed by atoms with van der Waals surface area (Å²) in [5.41, 5.74) is 0. The van der Waals surface area contributed by atoms with Gasteiger partial charge in [0, 0.05) is 18.9 Å². The molecule has 84 valence electrons. The van der Waals surface area contributed by atoms with Crippen molar-refractivity contribution in [2.45, 2.75) is 32.1 Å². The topological polar surface area (TPSA) is 66.4 Å². The molecule has 0 bridgehead atoms. The van der Waals surface area contributed by atoms with Crippen molar-refractivity contribution in [2.24, 2.45) is 5.92 Å². The third kappa shape index (κ3) is 4.63. The Hall–Kier alpha value is -1.32. The van der Waals surface area contributed by atoms with Crippen LogP contribution in [-0.4, -0.2) is 23.5 Å². The molecule has 1 aliphatic carbocycles. The highest BCUT2D eigenvalue weighted by atomic mass is 16.4. The lowest BCUT2D eigenvalue weighted by Gasteiger charge is -2.16. The summed E-state index contributed by atoms with van der Waals surface area (Å²) in [5.74, 6) is -0.672. The molecule has 1 unspecified atom stereocenters. The average molecular weight is 211 g/mol. The van der Waals surface area contributed by atoms with E-state index in [1.54, 1.807) is 0 Å². The van der Waals surface area contributed by atoms with Gasteiger partial charge >= 0.3 is 5.97 Å². The summed E-state index contributed by atoms with van der Waals surface area (Å²) >= 11 is 0. The minimum atomic E-state index is -0.815. The second-order valence-corrected chi connectivity index (χ2v) is 3.77. The van der Waals surface area contributed by atoms with Gasteiger partial charge in [-0.25, -0.2) is 0 Å². The Labute approximate surface area is 89.4 Å². The van der Waals surface area contributed by atoms with Crippen molar-refractivity contribution in [3.8, 4) is 0 Å². The minimum Gasteiger partial charge on any atom is -0.481 e. The summed E-state index contributed by atoms with van der Waals surface area (Å²) < 4.78 is 0. The van der Waals surface area contributed by atoms with Crippen LogP contribution < -0.4 is 5.32 Å². The highest BCUT2D eigenvalue weighted by Gasteiger charge is 2.17. The predicted molar refractivity (Wildman–Crippen MR) is 56.4 cm³/mol. The van der Waals surface area contributed by atoms with Crippen LogP contribution >= 0.6 is 0 Å². The molecule has 2 N–H and O–H groups in total. The summed E-state index contributed by atoms with van der Waals surface area (Å²) in [6, 6.07) is 0. The van der Waals surface area contributed by atoms with Gasteiger partial charge in [0.15, 0.2) is 0 Å². The number of hydrogen-bond acceptors (Lipinski definition) is 2. The zero-order valence-electron chi connectivity index (χ0n) is 8.74. The first-order chi connectivity index (χ1) is 7.20. The van der Waals surface area contributed by atoms with E-state index in [1.807, 2.05) is 6.08 Å². The molecular formula is C11H17NO3. The molecule has 15 heavy (non-hydrogen) atoms. The number of amides is 1. The summed E-state index contributed by atoms with van der Waals surface area (Å²) in [6.45, 7) is 0.464. The first-order valence-electron chi connectivity index (χ1n) is 5.34. The van der Waals surface area contributed by atoms with E-state index < -0.39 is 5.97 Å². The molecule has 0 aliphatic heterocycles.